The van der Waals surface area contributed by atoms with Gasteiger partial charge in [-0.05, 0) is 17.7 Å². The number of hydrogen-bond donors (Lipinski definition) is 3. The molecule has 148 valence electrons. The predicted molar refractivity (Wildman–Crippen MR) is 113 cm³/mol. The van der Waals surface area contributed by atoms with E-state index in [4.69, 9.17) is 0 Å². The van der Waals surface area contributed by atoms with Crippen LogP contribution in [0.1, 0.15) is 33.4 Å². The van der Waals surface area contributed by atoms with Crippen molar-refractivity contribution in [3.63, 3.8) is 0 Å². The van der Waals surface area contributed by atoms with Gasteiger partial charge < -0.3 is 10.6 Å². The van der Waals surface area contributed by atoms with Crippen LogP contribution in [-0.2, 0) is 0 Å². The highest BCUT2D eigenvalue weighted by atomic mass is 16.2. The third-order valence-electron chi connectivity index (χ3n) is 4.53. The lowest BCUT2D eigenvalue weighted by Gasteiger charge is -2.17. The number of urea groups is 1. The number of aromatic nitrogens is 3. The number of carbonyl (C=O) groups is 2. The Balaban J connectivity index is 1.50. The Hall–Kier alpha value is -4.26. The number of ketones is 1. The van der Waals surface area contributed by atoms with Gasteiger partial charge in [0.15, 0.2) is 11.6 Å². The molecule has 0 spiro atoms. The van der Waals surface area contributed by atoms with Crippen molar-refractivity contribution < 1.29 is 9.59 Å². The molecule has 7 nitrogen and oxygen atoms in total. The van der Waals surface area contributed by atoms with E-state index >= 15 is 0 Å². The summed E-state index contributed by atoms with van der Waals surface area (Å²) >= 11 is 0. The van der Waals surface area contributed by atoms with Gasteiger partial charge in [0.2, 0.25) is 0 Å². The summed E-state index contributed by atoms with van der Waals surface area (Å²) in [5.74, 6) is 0.410. The van der Waals surface area contributed by atoms with Gasteiger partial charge in [0, 0.05) is 16.8 Å². The Morgan fingerprint density at radius 2 is 1.53 bits per heavy atom. The fourth-order valence-electron chi connectivity index (χ4n) is 3.10. The van der Waals surface area contributed by atoms with E-state index in [1.165, 1.54) is 6.33 Å². The molecule has 0 saturated heterocycles. The van der Waals surface area contributed by atoms with Crippen molar-refractivity contribution >= 4 is 17.5 Å². The Morgan fingerprint density at radius 3 is 2.23 bits per heavy atom. The number of aromatic amines is 1. The third kappa shape index (κ3) is 4.41. The minimum Gasteiger partial charge on any atom is -0.324 e. The van der Waals surface area contributed by atoms with Crippen molar-refractivity contribution in [2.45, 2.75) is 6.04 Å². The van der Waals surface area contributed by atoms with Gasteiger partial charge in [0.1, 0.15) is 12.4 Å². The summed E-state index contributed by atoms with van der Waals surface area (Å²) in [6, 6.07) is 24.4. The van der Waals surface area contributed by atoms with E-state index in [1.54, 1.807) is 36.4 Å². The molecule has 3 N–H and O–H groups in total. The van der Waals surface area contributed by atoms with Crippen LogP contribution in [0, 0.1) is 0 Å². The van der Waals surface area contributed by atoms with Crippen LogP contribution in [0.2, 0.25) is 0 Å². The monoisotopic (exact) mass is 397 g/mol. The van der Waals surface area contributed by atoms with E-state index in [1.807, 2.05) is 48.5 Å². The molecule has 4 rings (SSSR count). The van der Waals surface area contributed by atoms with E-state index in [-0.39, 0.29) is 5.78 Å². The molecule has 0 aliphatic heterocycles. The SMILES string of the molecule is O=C(Nc1cccc(C(=O)c2ccccc2)c1)NC(c1ccccc1)c1ncn[nH]1. The Morgan fingerprint density at radius 1 is 0.833 bits per heavy atom. The van der Waals surface area contributed by atoms with Crippen molar-refractivity contribution in [2.24, 2.45) is 0 Å². The number of amides is 2. The smallest absolute Gasteiger partial charge is 0.320 e. The number of H-pyrrole nitrogens is 1. The first-order valence-electron chi connectivity index (χ1n) is 9.38. The maximum Gasteiger partial charge on any atom is 0.320 e. The molecule has 7 heteroatoms. The second-order valence-electron chi connectivity index (χ2n) is 6.59. The van der Waals surface area contributed by atoms with E-state index in [0.29, 0.717) is 22.6 Å². The van der Waals surface area contributed by atoms with Crippen molar-refractivity contribution in [2.75, 3.05) is 5.32 Å². The van der Waals surface area contributed by atoms with E-state index < -0.39 is 12.1 Å². The normalized spacial score (nSPS) is 11.5. The van der Waals surface area contributed by atoms with Gasteiger partial charge in [-0.3, -0.25) is 9.89 Å². The van der Waals surface area contributed by atoms with Crippen molar-refractivity contribution in [1.29, 1.82) is 0 Å². The standard InChI is InChI=1S/C23H19N5O2/c29-21(17-10-5-2-6-11-17)18-12-7-13-19(14-18)26-23(30)27-20(22-24-15-25-28-22)16-8-3-1-4-9-16/h1-15,20H,(H,24,25,28)(H2,26,27,30). The Bertz CT molecular complexity index is 1130. The molecule has 1 aromatic heterocycles. The number of anilines is 1. The molecule has 0 aliphatic rings. The lowest BCUT2D eigenvalue weighted by Crippen LogP contribution is -2.33. The van der Waals surface area contributed by atoms with Crippen LogP contribution in [-0.4, -0.2) is 27.0 Å². The maximum absolute atomic E-state index is 12.7. The number of nitrogens with one attached hydrogen (secondary N) is 3. The molecular weight excluding hydrogens is 378 g/mol. The summed E-state index contributed by atoms with van der Waals surface area (Å²) in [5.41, 5.74) is 2.46. The highest BCUT2D eigenvalue weighted by molar-refractivity contribution is 6.09. The first kappa shape index (κ1) is 19.1. The minimum absolute atomic E-state index is 0.108. The highest BCUT2D eigenvalue weighted by Crippen LogP contribution is 2.19. The zero-order valence-corrected chi connectivity index (χ0v) is 15.9. The van der Waals surface area contributed by atoms with Crippen LogP contribution in [0.25, 0.3) is 0 Å². The molecule has 0 fully saturated rings. The Kier molecular flexibility index (Phi) is 5.61. The molecule has 0 bridgehead atoms. The predicted octanol–water partition coefficient (Wildman–Crippen LogP) is 3.95. The summed E-state index contributed by atoms with van der Waals surface area (Å²) in [5, 5.41) is 12.4. The fraction of sp³-hybridized carbons (Fsp3) is 0.0435. The number of benzene rings is 3. The van der Waals surface area contributed by atoms with E-state index in [9.17, 15) is 9.59 Å². The summed E-state index contributed by atoms with van der Waals surface area (Å²) in [6.45, 7) is 0. The lowest BCUT2D eigenvalue weighted by atomic mass is 10.0. The van der Waals surface area contributed by atoms with Crippen molar-refractivity contribution in [3.05, 3.63) is 114 Å². The maximum atomic E-state index is 12.7. The number of nitrogens with zero attached hydrogens (tertiary/aromatic N) is 2. The second-order valence-corrected chi connectivity index (χ2v) is 6.59. The average Bonchev–Trinajstić information content (AvgIpc) is 3.33. The van der Waals surface area contributed by atoms with Gasteiger partial charge >= 0.3 is 6.03 Å². The van der Waals surface area contributed by atoms with Crippen LogP contribution in [0.5, 0.6) is 0 Å². The fourth-order valence-corrected chi connectivity index (χ4v) is 3.10. The first-order chi connectivity index (χ1) is 14.7. The van der Waals surface area contributed by atoms with E-state index in [0.717, 1.165) is 5.56 Å². The molecule has 4 aromatic rings. The highest BCUT2D eigenvalue weighted by Gasteiger charge is 2.19. The first-order valence-corrected chi connectivity index (χ1v) is 9.38. The van der Waals surface area contributed by atoms with Crippen LogP contribution >= 0.6 is 0 Å². The third-order valence-corrected chi connectivity index (χ3v) is 4.53. The minimum atomic E-state index is -0.497. The number of hydrogen-bond acceptors (Lipinski definition) is 4. The number of carbonyl (C=O) groups excluding carboxylic acids is 2. The van der Waals surface area contributed by atoms with Gasteiger partial charge in [0.25, 0.3) is 0 Å². The molecule has 1 heterocycles. The van der Waals surface area contributed by atoms with Crippen molar-refractivity contribution in [3.8, 4) is 0 Å². The summed E-state index contributed by atoms with van der Waals surface area (Å²) in [6.07, 6.45) is 1.39. The van der Waals surface area contributed by atoms with Crippen LogP contribution < -0.4 is 10.6 Å². The molecular formula is C23H19N5O2. The molecule has 3 aromatic carbocycles. The molecule has 0 saturated carbocycles. The van der Waals surface area contributed by atoms with Crippen LogP contribution in [0.4, 0.5) is 10.5 Å². The average molecular weight is 397 g/mol. The number of rotatable bonds is 6. The van der Waals surface area contributed by atoms with Gasteiger partial charge in [-0.25, -0.2) is 9.78 Å². The zero-order valence-electron chi connectivity index (χ0n) is 15.9. The van der Waals surface area contributed by atoms with Crippen LogP contribution in [0.3, 0.4) is 0 Å². The molecule has 1 unspecified atom stereocenters. The lowest BCUT2D eigenvalue weighted by molar-refractivity contribution is 0.103. The topological polar surface area (TPSA) is 99.8 Å². The molecule has 30 heavy (non-hydrogen) atoms. The van der Waals surface area contributed by atoms with Gasteiger partial charge in [-0.15, -0.1) is 0 Å². The van der Waals surface area contributed by atoms with Gasteiger partial charge in [-0.1, -0.05) is 72.8 Å². The molecule has 2 amide bonds. The van der Waals surface area contributed by atoms with E-state index in [2.05, 4.69) is 25.8 Å². The summed E-state index contributed by atoms with van der Waals surface area (Å²) in [7, 11) is 0. The van der Waals surface area contributed by atoms with Crippen LogP contribution in [0.15, 0.2) is 91.3 Å². The largest absolute Gasteiger partial charge is 0.324 e. The zero-order chi connectivity index (χ0) is 20.8. The quantitative estimate of drug-likeness (QED) is 0.429. The summed E-state index contributed by atoms with van der Waals surface area (Å²) < 4.78 is 0. The Labute approximate surface area is 173 Å². The molecule has 1 atom stereocenters. The molecule has 0 radical (unpaired) electrons. The van der Waals surface area contributed by atoms with Crippen molar-refractivity contribution in [1.82, 2.24) is 20.5 Å². The summed E-state index contributed by atoms with van der Waals surface area (Å²) in [4.78, 5) is 29.5. The van der Waals surface area contributed by atoms with Gasteiger partial charge in [0.05, 0.1) is 0 Å². The second kappa shape index (κ2) is 8.83. The van der Waals surface area contributed by atoms with Gasteiger partial charge in [-0.2, -0.15) is 5.10 Å². The molecule has 0 aliphatic carbocycles.